The van der Waals surface area contributed by atoms with Crippen molar-refractivity contribution in [3.63, 3.8) is 0 Å². The standard InChI is InChI=1S/C17H18N2O2/c1-21-18-17(20)15-8-6-13(7-9-15)12-19-11-10-14-4-2-3-5-16(14)19/h2-9H,10-12H2,1H3,(H,18,20). The van der Waals surface area contributed by atoms with Crippen LogP contribution < -0.4 is 10.4 Å². The molecular weight excluding hydrogens is 264 g/mol. The quantitative estimate of drug-likeness (QED) is 0.876. The van der Waals surface area contributed by atoms with Crippen LogP contribution in [0.1, 0.15) is 21.5 Å². The molecule has 1 aliphatic rings. The fourth-order valence-corrected chi connectivity index (χ4v) is 2.70. The second kappa shape index (κ2) is 5.97. The fraction of sp³-hybridized carbons (Fsp3) is 0.235. The summed E-state index contributed by atoms with van der Waals surface area (Å²) in [5.74, 6) is -0.226. The number of carbonyl (C=O) groups is 1. The number of fused-ring (bicyclic) bond motifs is 1. The summed E-state index contributed by atoms with van der Waals surface area (Å²) in [6.07, 6.45) is 1.10. The van der Waals surface area contributed by atoms with Crippen molar-refractivity contribution in [3.05, 3.63) is 65.2 Å². The molecule has 1 N–H and O–H groups in total. The van der Waals surface area contributed by atoms with Gasteiger partial charge in [-0.3, -0.25) is 9.63 Å². The van der Waals surface area contributed by atoms with Gasteiger partial charge in [-0.05, 0) is 35.7 Å². The largest absolute Gasteiger partial charge is 0.367 e. The average Bonchev–Trinajstić information content (AvgIpc) is 2.92. The molecule has 0 unspecified atom stereocenters. The average molecular weight is 282 g/mol. The maximum atomic E-state index is 11.6. The van der Waals surface area contributed by atoms with E-state index >= 15 is 0 Å². The van der Waals surface area contributed by atoms with Crippen molar-refractivity contribution in [1.29, 1.82) is 0 Å². The van der Waals surface area contributed by atoms with Crippen LogP contribution >= 0.6 is 0 Å². The van der Waals surface area contributed by atoms with Gasteiger partial charge in [-0.2, -0.15) is 0 Å². The van der Waals surface area contributed by atoms with Crippen molar-refractivity contribution >= 4 is 11.6 Å². The molecule has 0 fully saturated rings. The lowest BCUT2D eigenvalue weighted by atomic mass is 10.1. The van der Waals surface area contributed by atoms with E-state index in [4.69, 9.17) is 0 Å². The molecule has 2 aromatic carbocycles. The molecule has 4 heteroatoms. The molecule has 0 spiro atoms. The summed E-state index contributed by atoms with van der Waals surface area (Å²) in [5, 5.41) is 0. The third kappa shape index (κ3) is 2.90. The van der Waals surface area contributed by atoms with E-state index in [1.807, 2.05) is 24.3 Å². The highest BCUT2D eigenvalue weighted by molar-refractivity contribution is 5.93. The summed E-state index contributed by atoms with van der Waals surface area (Å²) in [7, 11) is 1.43. The predicted molar refractivity (Wildman–Crippen MR) is 82.1 cm³/mol. The van der Waals surface area contributed by atoms with Crippen molar-refractivity contribution < 1.29 is 9.63 Å². The van der Waals surface area contributed by atoms with Crippen molar-refractivity contribution in [1.82, 2.24) is 5.48 Å². The van der Waals surface area contributed by atoms with Gasteiger partial charge in [0.25, 0.3) is 5.91 Å². The number of rotatable bonds is 4. The van der Waals surface area contributed by atoms with Crippen LogP contribution in [0.4, 0.5) is 5.69 Å². The summed E-state index contributed by atoms with van der Waals surface area (Å²) >= 11 is 0. The number of para-hydroxylation sites is 1. The Kier molecular flexibility index (Phi) is 3.88. The lowest BCUT2D eigenvalue weighted by molar-refractivity contribution is 0.0537. The van der Waals surface area contributed by atoms with E-state index < -0.39 is 0 Å². The van der Waals surface area contributed by atoms with Crippen LogP contribution in [0.2, 0.25) is 0 Å². The van der Waals surface area contributed by atoms with Gasteiger partial charge in [0.2, 0.25) is 0 Å². The van der Waals surface area contributed by atoms with Crippen LogP contribution in [0.25, 0.3) is 0 Å². The van der Waals surface area contributed by atoms with Crippen LogP contribution in [0, 0.1) is 0 Å². The Bertz CT molecular complexity index is 637. The second-order valence-corrected chi connectivity index (χ2v) is 5.13. The Morgan fingerprint density at radius 2 is 1.95 bits per heavy atom. The highest BCUT2D eigenvalue weighted by Gasteiger charge is 2.18. The van der Waals surface area contributed by atoms with Gasteiger partial charge in [0.1, 0.15) is 0 Å². The summed E-state index contributed by atoms with van der Waals surface area (Å²) in [5.41, 5.74) is 6.84. The van der Waals surface area contributed by atoms with Crippen LogP contribution in [-0.2, 0) is 17.8 Å². The van der Waals surface area contributed by atoms with E-state index in [2.05, 4.69) is 39.5 Å². The highest BCUT2D eigenvalue weighted by atomic mass is 16.6. The third-order valence-corrected chi connectivity index (χ3v) is 3.77. The molecule has 1 heterocycles. The van der Waals surface area contributed by atoms with Crippen molar-refractivity contribution in [2.45, 2.75) is 13.0 Å². The maximum absolute atomic E-state index is 11.6. The summed E-state index contributed by atoms with van der Waals surface area (Å²) in [6.45, 7) is 1.91. The number of amides is 1. The molecule has 4 nitrogen and oxygen atoms in total. The Morgan fingerprint density at radius 3 is 2.71 bits per heavy atom. The van der Waals surface area contributed by atoms with Gasteiger partial charge in [0.15, 0.2) is 0 Å². The van der Waals surface area contributed by atoms with E-state index in [1.165, 1.54) is 23.9 Å². The zero-order chi connectivity index (χ0) is 14.7. The zero-order valence-corrected chi connectivity index (χ0v) is 12.0. The first kappa shape index (κ1) is 13.6. The number of benzene rings is 2. The molecular formula is C17H18N2O2. The molecule has 1 amide bonds. The van der Waals surface area contributed by atoms with E-state index in [9.17, 15) is 4.79 Å². The third-order valence-electron chi connectivity index (χ3n) is 3.77. The SMILES string of the molecule is CONC(=O)c1ccc(CN2CCc3ccccc32)cc1. The van der Waals surface area contributed by atoms with Gasteiger partial charge < -0.3 is 4.90 Å². The number of hydroxylamine groups is 1. The smallest absolute Gasteiger partial charge is 0.274 e. The minimum atomic E-state index is -0.226. The first-order valence-corrected chi connectivity index (χ1v) is 7.03. The molecule has 0 bridgehead atoms. The van der Waals surface area contributed by atoms with E-state index in [1.54, 1.807) is 0 Å². The van der Waals surface area contributed by atoms with Gasteiger partial charge >= 0.3 is 0 Å². The van der Waals surface area contributed by atoms with Crippen LogP contribution in [0.15, 0.2) is 48.5 Å². The van der Waals surface area contributed by atoms with Crippen molar-refractivity contribution in [2.24, 2.45) is 0 Å². The number of carbonyl (C=O) groups excluding carboxylic acids is 1. The summed E-state index contributed by atoms with van der Waals surface area (Å²) in [4.78, 5) is 18.6. The number of hydrogen-bond donors (Lipinski definition) is 1. The monoisotopic (exact) mass is 282 g/mol. The van der Waals surface area contributed by atoms with Gasteiger partial charge in [-0.25, -0.2) is 5.48 Å². The molecule has 0 atom stereocenters. The van der Waals surface area contributed by atoms with E-state index in [-0.39, 0.29) is 5.91 Å². The van der Waals surface area contributed by atoms with Gasteiger partial charge in [0, 0.05) is 24.3 Å². The summed E-state index contributed by atoms with van der Waals surface area (Å²) < 4.78 is 0. The van der Waals surface area contributed by atoms with Crippen LogP contribution in [0.5, 0.6) is 0 Å². The molecule has 0 saturated carbocycles. The molecule has 0 radical (unpaired) electrons. The topological polar surface area (TPSA) is 41.6 Å². The highest BCUT2D eigenvalue weighted by Crippen LogP contribution is 2.28. The second-order valence-electron chi connectivity index (χ2n) is 5.13. The lowest BCUT2D eigenvalue weighted by Gasteiger charge is -2.19. The molecule has 2 aromatic rings. The number of anilines is 1. The number of hydrogen-bond acceptors (Lipinski definition) is 3. The fourth-order valence-electron chi connectivity index (χ4n) is 2.70. The molecule has 1 aliphatic heterocycles. The van der Waals surface area contributed by atoms with Gasteiger partial charge in [0.05, 0.1) is 7.11 Å². The van der Waals surface area contributed by atoms with Gasteiger partial charge in [-0.1, -0.05) is 30.3 Å². The number of nitrogens with one attached hydrogen (secondary N) is 1. The van der Waals surface area contributed by atoms with Gasteiger partial charge in [-0.15, -0.1) is 0 Å². The summed E-state index contributed by atoms with van der Waals surface area (Å²) in [6, 6.07) is 16.2. The Balaban J connectivity index is 1.71. The van der Waals surface area contributed by atoms with E-state index in [0.717, 1.165) is 19.5 Å². The molecule has 0 aromatic heterocycles. The van der Waals surface area contributed by atoms with Crippen LogP contribution in [-0.4, -0.2) is 19.6 Å². The molecule has 0 aliphatic carbocycles. The zero-order valence-electron chi connectivity index (χ0n) is 12.0. The minimum Gasteiger partial charge on any atom is -0.367 e. The maximum Gasteiger partial charge on any atom is 0.274 e. The molecule has 3 rings (SSSR count). The normalized spacial score (nSPS) is 13.1. The van der Waals surface area contributed by atoms with Crippen molar-refractivity contribution in [2.75, 3.05) is 18.6 Å². The Hall–Kier alpha value is -2.33. The lowest BCUT2D eigenvalue weighted by Crippen LogP contribution is -2.22. The first-order chi connectivity index (χ1) is 10.3. The van der Waals surface area contributed by atoms with Crippen LogP contribution in [0.3, 0.4) is 0 Å². The van der Waals surface area contributed by atoms with E-state index in [0.29, 0.717) is 5.56 Å². The Morgan fingerprint density at radius 1 is 1.19 bits per heavy atom. The molecule has 0 saturated heterocycles. The first-order valence-electron chi connectivity index (χ1n) is 7.03. The molecule has 108 valence electrons. The minimum absolute atomic E-state index is 0.226. The number of nitrogens with zero attached hydrogens (tertiary/aromatic N) is 1. The predicted octanol–water partition coefficient (Wildman–Crippen LogP) is 2.54. The Labute approximate surface area is 124 Å². The van der Waals surface area contributed by atoms with Crippen molar-refractivity contribution in [3.8, 4) is 0 Å². The molecule has 21 heavy (non-hydrogen) atoms.